The first-order chi connectivity index (χ1) is 13.7. The third-order valence-electron chi connectivity index (χ3n) is 4.18. The van der Waals surface area contributed by atoms with Crippen molar-refractivity contribution in [3.05, 3.63) is 71.8 Å². The van der Waals surface area contributed by atoms with Crippen LogP contribution in [-0.4, -0.2) is 38.6 Å². The van der Waals surface area contributed by atoms with Gasteiger partial charge >= 0.3 is 0 Å². The van der Waals surface area contributed by atoms with Gasteiger partial charge in [0.15, 0.2) is 0 Å². The molecule has 3 aromatic rings. The molecule has 1 heterocycles. The highest BCUT2D eigenvalue weighted by molar-refractivity contribution is 7.89. The Bertz CT molecular complexity index is 1150. The fourth-order valence-electron chi connectivity index (χ4n) is 2.58. The Morgan fingerprint density at radius 3 is 2.17 bits per heavy atom. The number of sulfonamides is 1. The van der Waals surface area contributed by atoms with Crippen molar-refractivity contribution < 1.29 is 18.0 Å². The molecule has 29 heavy (non-hydrogen) atoms. The van der Waals surface area contributed by atoms with Crippen molar-refractivity contribution in [1.82, 2.24) is 4.31 Å². The van der Waals surface area contributed by atoms with E-state index < -0.39 is 21.8 Å². The number of amides is 2. The quantitative estimate of drug-likeness (QED) is 0.628. The van der Waals surface area contributed by atoms with Crippen LogP contribution in [0.5, 0.6) is 0 Å². The summed E-state index contributed by atoms with van der Waals surface area (Å²) in [4.78, 5) is 25.3. The number of thiophene rings is 1. The number of nitrogens with two attached hydrogens (primary N) is 1. The van der Waals surface area contributed by atoms with Crippen LogP contribution in [0.1, 0.15) is 20.7 Å². The van der Waals surface area contributed by atoms with E-state index in [-0.39, 0.29) is 16.0 Å². The molecular formula is C20H19N3O4S2. The summed E-state index contributed by atoms with van der Waals surface area (Å²) in [7, 11) is -0.715. The zero-order valence-corrected chi connectivity index (χ0v) is 17.4. The normalized spacial score (nSPS) is 11.4. The molecule has 0 bridgehead atoms. The second-order valence-corrected chi connectivity index (χ2v) is 9.55. The maximum Gasteiger partial charge on any atom is 0.256 e. The van der Waals surface area contributed by atoms with Crippen LogP contribution in [-0.2, 0) is 10.0 Å². The molecule has 7 nitrogen and oxygen atoms in total. The average molecular weight is 430 g/mol. The maximum atomic E-state index is 12.6. The highest BCUT2D eigenvalue weighted by Gasteiger charge is 2.20. The molecule has 150 valence electrons. The van der Waals surface area contributed by atoms with Crippen LogP contribution in [0, 0.1) is 0 Å². The molecule has 0 unspecified atom stereocenters. The monoisotopic (exact) mass is 429 g/mol. The Labute approximate surface area is 172 Å². The summed E-state index contributed by atoms with van der Waals surface area (Å²) >= 11 is 1.24. The van der Waals surface area contributed by atoms with Crippen LogP contribution in [0.25, 0.3) is 10.4 Å². The SMILES string of the molecule is CN(C)S(=O)(=O)c1ccc(C(=O)Nc2sc(-c3ccccc3)cc2C(N)=O)cc1. The predicted molar refractivity (Wildman–Crippen MR) is 114 cm³/mol. The van der Waals surface area contributed by atoms with Crippen LogP contribution in [0.2, 0.25) is 0 Å². The topological polar surface area (TPSA) is 110 Å². The van der Waals surface area contributed by atoms with Gasteiger partial charge in [-0.3, -0.25) is 9.59 Å². The molecule has 0 saturated carbocycles. The van der Waals surface area contributed by atoms with Crippen LogP contribution in [0.15, 0.2) is 65.6 Å². The van der Waals surface area contributed by atoms with E-state index in [2.05, 4.69) is 5.32 Å². The second-order valence-electron chi connectivity index (χ2n) is 6.35. The number of anilines is 1. The lowest BCUT2D eigenvalue weighted by Gasteiger charge is -2.11. The fourth-order valence-corrected chi connectivity index (χ4v) is 4.54. The minimum atomic E-state index is -3.58. The zero-order valence-electron chi connectivity index (χ0n) is 15.7. The summed E-state index contributed by atoms with van der Waals surface area (Å²) in [6.45, 7) is 0. The number of carbonyl (C=O) groups excluding carboxylic acids is 2. The number of rotatable bonds is 6. The molecule has 3 rings (SSSR count). The molecule has 0 aliphatic heterocycles. The lowest BCUT2D eigenvalue weighted by Crippen LogP contribution is -2.22. The molecular weight excluding hydrogens is 410 g/mol. The Kier molecular flexibility index (Phi) is 5.83. The van der Waals surface area contributed by atoms with Gasteiger partial charge in [-0.05, 0) is 35.9 Å². The number of benzene rings is 2. The fraction of sp³-hybridized carbons (Fsp3) is 0.100. The molecule has 1 aromatic heterocycles. The molecule has 2 amide bonds. The average Bonchev–Trinajstić information content (AvgIpc) is 3.12. The summed E-state index contributed by atoms with van der Waals surface area (Å²) in [5.74, 6) is -1.12. The van der Waals surface area contributed by atoms with Crippen molar-refractivity contribution in [1.29, 1.82) is 0 Å². The standard InChI is InChI=1S/C20H19N3O4S2/c1-23(2)29(26,27)15-10-8-14(9-11-15)19(25)22-20-16(18(21)24)12-17(28-20)13-6-4-3-5-7-13/h3-12H,1-2H3,(H2,21,24)(H,22,25). The van der Waals surface area contributed by atoms with Gasteiger partial charge in [-0.25, -0.2) is 12.7 Å². The van der Waals surface area contributed by atoms with Crippen molar-refractivity contribution in [2.75, 3.05) is 19.4 Å². The van der Waals surface area contributed by atoms with Crippen LogP contribution < -0.4 is 11.1 Å². The summed E-state index contributed by atoms with van der Waals surface area (Å²) in [6, 6.07) is 16.6. The summed E-state index contributed by atoms with van der Waals surface area (Å²) in [5, 5.41) is 3.04. The Morgan fingerprint density at radius 2 is 1.62 bits per heavy atom. The second kappa shape index (κ2) is 8.16. The summed E-state index contributed by atoms with van der Waals surface area (Å²) in [6.07, 6.45) is 0. The molecule has 9 heteroatoms. The summed E-state index contributed by atoms with van der Waals surface area (Å²) in [5.41, 5.74) is 6.84. The number of hydrogen-bond donors (Lipinski definition) is 2. The van der Waals surface area contributed by atoms with E-state index in [1.54, 1.807) is 6.07 Å². The van der Waals surface area contributed by atoms with Crippen LogP contribution >= 0.6 is 11.3 Å². The summed E-state index contributed by atoms with van der Waals surface area (Å²) < 4.78 is 25.4. The van der Waals surface area contributed by atoms with Gasteiger partial charge < -0.3 is 11.1 Å². The molecule has 0 spiro atoms. The Hall–Kier alpha value is -3.01. The maximum absolute atomic E-state index is 12.6. The molecule has 0 fully saturated rings. The first kappa shape index (κ1) is 20.7. The largest absolute Gasteiger partial charge is 0.366 e. The Balaban J connectivity index is 1.87. The highest BCUT2D eigenvalue weighted by Crippen LogP contribution is 2.35. The van der Waals surface area contributed by atoms with E-state index in [0.717, 1.165) is 14.7 Å². The van der Waals surface area contributed by atoms with Crippen molar-refractivity contribution in [2.45, 2.75) is 4.90 Å². The molecule has 0 aliphatic carbocycles. The first-order valence-electron chi connectivity index (χ1n) is 8.53. The van der Waals surface area contributed by atoms with Crippen molar-refractivity contribution >= 4 is 38.2 Å². The lowest BCUT2D eigenvalue weighted by atomic mass is 10.1. The number of primary amides is 1. The van der Waals surface area contributed by atoms with Gasteiger partial charge in [0.1, 0.15) is 5.00 Å². The van der Waals surface area contributed by atoms with Crippen molar-refractivity contribution in [2.24, 2.45) is 5.73 Å². The van der Waals surface area contributed by atoms with Crippen LogP contribution in [0.4, 0.5) is 5.00 Å². The minimum absolute atomic E-state index is 0.0827. The molecule has 2 aromatic carbocycles. The number of nitrogens with one attached hydrogen (secondary N) is 1. The van der Waals surface area contributed by atoms with Gasteiger partial charge in [0, 0.05) is 24.5 Å². The third kappa shape index (κ3) is 4.37. The van der Waals surface area contributed by atoms with E-state index in [0.29, 0.717) is 5.00 Å². The van der Waals surface area contributed by atoms with Gasteiger partial charge in [0.25, 0.3) is 11.8 Å². The molecule has 0 aliphatic rings. The zero-order chi connectivity index (χ0) is 21.2. The molecule has 3 N–H and O–H groups in total. The van der Waals surface area contributed by atoms with Crippen molar-refractivity contribution in [3.63, 3.8) is 0 Å². The first-order valence-corrected chi connectivity index (χ1v) is 10.8. The van der Waals surface area contributed by atoms with Gasteiger partial charge in [0.2, 0.25) is 10.0 Å². The minimum Gasteiger partial charge on any atom is -0.366 e. The van der Waals surface area contributed by atoms with E-state index in [1.165, 1.54) is 49.7 Å². The molecule has 0 radical (unpaired) electrons. The van der Waals surface area contributed by atoms with Crippen molar-refractivity contribution in [3.8, 4) is 10.4 Å². The van der Waals surface area contributed by atoms with Gasteiger partial charge in [-0.2, -0.15) is 0 Å². The van der Waals surface area contributed by atoms with E-state index >= 15 is 0 Å². The Morgan fingerprint density at radius 1 is 1.00 bits per heavy atom. The third-order valence-corrected chi connectivity index (χ3v) is 7.11. The van der Waals surface area contributed by atoms with E-state index in [4.69, 9.17) is 5.73 Å². The van der Waals surface area contributed by atoms with Gasteiger partial charge in [-0.1, -0.05) is 30.3 Å². The molecule has 0 atom stereocenters. The van der Waals surface area contributed by atoms with Gasteiger partial charge in [0.05, 0.1) is 10.5 Å². The number of nitrogens with zero attached hydrogens (tertiary/aromatic N) is 1. The van der Waals surface area contributed by atoms with Gasteiger partial charge in [-0.15, -0.1) is 11.3 Å². The smallest absolute Gasteiger partial charge is 0.256 e. The predicted octanol–water partition coefficient (Wildman–Crippen LogP) is 3.02. The lowest BCUT2D eigenvalue weighted by molar-refractivity contribution is 0.100. The highest BCUT2D eigenvalue weighted by atomic mass is 32.2. The molecule has 0 saturated heterocycles. The van der Waals surface area contributed by atoms with E-state index in [1.807, 2.05) is 30.3 Å². The number of hydrogen-bond acceptors (Lipinski definition) is 5. The number of carbonyl (C=O) groups is 2. The van der Waals surface area contributed by atoms with E-state index in [9.17, 15) is 18.0 Å². The van der Waals surface area contributed by atoms with Crippen LogP contribution in [0.3, 0.4) is 0 Å².